The number of aromatic nitrogens is 4. The van der Waals surface area contributed by atoms with Crippen LogP contribution in [0.2, 0.25) is 0 Å². The molecular formula is C41H26N4O. The first-order chi connectivity index (χ1) is 22.8. The van der Waals surface area contributed by atoms with Crippen LogP contribution < -0.4 is 4.74 Å². The molecule has 2 atom stereocenters. The first-order valence-electron chi connectivity index (χ1n) is 15.6. The molecule has 5 heteroatoms. The number of fused-ring (bicyclic) bond motifs is 10. The van der Waals surface area contributed by atoms with E-state index in [1.165, 1.54) is 22.3 Å². The summed E-state index contributed by atoms with van der Waals surface area (Å²) in [6.45, 7) is 0. The average Bonchev–Trinajstić information content (AvgIpc) is 3.41. The zero-order chi connectivity index (χ0) is 30.2. The van der Waals surface area contributed by atoms with E-state index in [-0.39, 0.29) is 5.92 Å². The number of allylic oxidation sites excluding steroid dienone is 4. The standard InChI is InChI=1S/C41H26N4O/c1-2-10-29-27(9-1)28-19-17-25(37-23-42-33-12-4-6-14-35(33)44-37)21-31(28)41(29)30-11-3-8-16-39(30)46-40-20-18-26(22-32(40)41)38-24-43-34-13-5-7-15-36(34)45-38/h1-20,22-25H,21H2. The summed E-state index contributed by atoms with van der Waals surface area (Å²) in [5, 5.41) is 0. The minimum atomic E-state index is -0.552. The summed E-state index contributed by atoms with van der Waals surface area (Å²) in [6, 6.07) is 39.9. The van der Waals surface area contributed by atoms with Crippen molar-refractivity contribution in [3.05, 3.63) is 173 Å². The highest BCUT2D eigenvalue weighted by Gasteiger charge is 2.53. The zero-order valence-electron chi connectivity index (χ0n) is 24.8. The molecule has 0 fully saturated rings. The molecule has 2 aliphatic carbocycles. The first-order valence-corrected chi connectivity index (χ1v) is 15.6. The molecule has 1 spiro atoms. The SMILES string of the molecule is C1=CC(c2cnc3ccccc3n2)CC2=C1c1ccccc1C21c2ccccc2Oc2ccc(-c3cnc4ccccc4n3)cc21. The maximum atomic E-state index is 6.68. The van der Waals surface area contributed by atoms with Crippen LogP contribution in [0.3, 0.4) is 0 Å². The number of rotatable bonds is 2. The molecule has 216 valence electrons. The van der Waals surface area contributed by atoms with E-state index in [0.717, 1.165) is 68.1 Å². The van der Waals surface area contributed by atoms with Crippen LogP contribution in [-0.4, -0.2) is 19.9 Å². The van der Waals surface area contributed by atoms with Crippen molar-refractivity contribution in [1.29, 1.82) is 0 Å². The fraction of sp³-hybridized carbons (Fsp3) is 0.0732. The van der Waals surface area contributed by atoms with Crippen molar-refractivity contribution < 1.29 is 4.74 Å². The predicted octanol–water partition coefficient (Wildman–Crippen LogP) is 9.19. The number of nitrogens with zero attached hydrogens (tertiary/aromatic N) is 4. The van der Waals surface area contributed by atoms with Crippen LogP contribution in [0.25, 0.3) is 38.9 Å². The molecule has 7 aromatic rings. The minimum Gasteiger partial charge on any atom is -0.457 e. The molecule has 0 bridgehead atoms. The Labute approximate surface area is 265 Å². The second-order valence-electron chi connectivity index (χ2n) is 12.2. The van der Waals surface area contributed by atoms with Gasteiger partial charge in [-0.15, -0.1) is 0 Å². The third-order valence-electron chi connectivity index (χ3n) is 9.80. The van der Waals surface area contributed by atoms with E-state index < -0.39 is 5.41 Å². The summed E-state index contributed by atoms with van der Waals surface area (Å²) in [7, 11) is 0. The smallest absolute Gasteiger partial charge is 0.132 e. The lowest BCUT2D eigenvalue weighted by Crippen LogP contribution is -2.34. The van der Waals surface area contributed by atoms with E-state index in [0.29, 0.717) is 0 Å². The minimum absolute atomic E-state index is 0.0787. The van der Waals surface area contributed by atoms with Crippen LogP contribution in [0.15, 0.2) is 145 Å². The third kappa shape index (κ3) is 3.51. The number of hydrogen-bond donors (Lipinski definition) is 0. The summed E-state index contributed by atoms with van der Waals surface area (Å²) in [6.07, 6.45) is 9.24. The van der Waals surface area contributed by atoms with Gasteiger partial charge in [0.1, 0.15) is 11.5 Å². The Balaban J connectivity index is 1.21. The van der Waals surface area contributed by atoms with E-state index in [9.17, 15) is 0 Å². The van der Waals surface area contributed by atoms with Crippen molar-refractivity contribution in [2.24, 2.45) is 0 Å². The molecule has 0 saturated carbocycles. The highest BCUT2D eigenvalue weighted by Crippen LogP contribution is 2.64. The molecule has 1 aliphatic heterocycles. The summed E-state index contributed by atoms with van der Waals surface area (Å²) >= 11 is 0. The lowest BCUT2D eigenvalue weighted by Gasteiger charge is -2.42. The van der Waals surface area contributed by atoms with Gasteiger partial charge in [-0.25, -0.2) is 9.97 Å². The lowest BCUT2D eigenvalue weighted by molar-refractivity contribution is 0.431. The molecule has 0 radical (unpaired) electrons. The van der Waals surface area contributed by atoms with Gasteiger partial charge in [-0.3, -0.25) is 9.97 Å². The van der Waals surface area contributed by atoms with E-state index >= 15 is 0 Å². The number of ether oxygens (including phenoxy) is 1. The van der Waals surface area contributed by atoms with Gasteiger partial charge in [0.15, 0.2) is 0 Å². The van der Waals surface area contributed by atoms with Gasteiger partial charge in [-0.2, -0.15) is 0 Å². The molecule has 10 rings (SSSR count). The summed E-state index contributed by atoms with van der Waals surface area (Å²) in [4.78, 5) is 19.6. The van der Waals surface area contributed by atoms with Gasteiger partial charge in [0.25, 0.3) is 0 Å². The summed E-state index contributed by atoms with van der Waals surface area (Å²) in [5.74, 6) is 1.82. The predicted molar refractivity (Wildman–Crippen MR) is 181 cm³/mol. The van der Waals surface area contributed by atoms with Gasteiger partial charge >= 0.3 is 0 Å². The third-order valence-corrected chi connectivity index (χ3v) is 9.80. The van der Waals surface area contributed by atoms with Gasteiger partial charge in [-0.1, -0.05) is 78.9 Å². The molecule has 5 nitrogen and oxygen atoms in total. The molecule has 46 heavy (non-hydrogen) atoms. The first kappa shape index (κ1) is 25.4. The van der Waals surface area contributed by atoms with Crippen molar-refractivity contribution in [3.8, 4) is 22.8 Å². The second-order valence-corrected chi connectivity index (χ2v) is 12.2. The van der Waals surface area contributed by atoms with Gasteiger partial charge in [0.2, 0.25) is 0 Å². The maximum Gasteiger partial charge on any atom is 0.132 e. The normalized spacial score (nSPS) is 19.1. The van der Waals surface area contributed by atoms with Crippen molar-refractivity contribution in [2.45, 2.75) is 17.8 Å². The maximum absolute atomic E-state index is 6.68. The summed E-state index contributed by atoms with van der Waals surface area (Å²) in [5.41, 5.74) is 13.3. The van der Waals surface area contributed by atoms with E-state index in [2.05, 4.69) is 78.9 Å². The van der Waals surface area contributed by atoms with Crippen LogP contribution in [0.5, 0.6) is 11.5 Å². The highest BCUT2D eigenvalue weighted by molar-refractivity contribution is 5.93. The van der Waals surface area contributed by atoms with Crippen LogP contribution in [-0.2, 0) is 5.41 Å². The molecule has 0 saturated heterocycles. The molecule has 2 aromatic heterocycles. The topological polar surface area (TPSA) is 60.8 Å². The van der Waals surface area contributed by atoms with E-state index in [1.54, 1.807) is 0 Å². The number of benzene rings is 5. The van der Waals surface area contributed by atoms with Gasteiger partial charge < -0.3 is 4.74 Å². The Morgan fingerprint density at radius 2 is 1.28 bits per heavy atom. The Kier molecular flexibility index (Phi) is 5.26. The van der Waals surface area contributed by atoms with Crippen LogP contribution in [0.4, 0.5) is 0 Å². The molecule has 2 unspecified atom stereocenters. The van der Waals surface area contributed by atoms with E-state index in [1.807, 2.05) is 60.9 Å². The lowest BCUT2D eigenvalue weighted by atomic mass is 9.63. The van der Waals surface area contributed by atoms with Crippen LogP contribution in [0.1, 0.15) is 40.3 Å². The molecular weight excluding hydrogens is 564 g/mol. The van der Waals surface area contributed by atoms with Crippen molar-refractivity contribution in [1.82, 2.24) is 19.9 Å². The second kappa shape index (κ2) is 9.53. The van der Waals surface area contributed by atoms with Crippen molar-refractivity contribution in [2.75, 3.05) is 0 Å². The molecule has 3 aliphatic rings. The fourth-order valence-electron chi connectivity index (χ4n) is 7.79. The monoisotopic (exact) mass is 590 g/mol. The molecule has 0 N–H and O–H groups in total. The van der Waals surface area contributed by atoms with Crippen LogP contribution >= 0.6 is 0 Å². The Bertz CT molecular complexity index is 2460. The largest absolute Gasteiger partial charge is 0.457 e. The van der Waals surface area contributed by atoms with E-state index in [4.69, 9.17) is 24.7 Å². The van der Waals surface area contributed by atoms with Crippen LogP contribution in [0, 0.1) is 0 Å². The average molecular weight is 591 g/mol. The quantitative estimate of drug-likeness (QED) is 0.201. The summed E-state index contributed by atoms with van der Waals surface area (Å²) < 4.78 is 6.68. The Morgan fingerprint density at radius 3 is 2.13 bits per heavy atom. The number of hydrogen-bond acceptors (Lipinski definition) is 5. The van der Waals surface area contributed by atoms with Crippen molar-refractivity contribution in [3.63, 3.8) is 0 Å². The molecule has 0 amide bonds. The van der Waals surface area contributed by atoms with Crippen molar-refractivity contribution >= 4 is 27.6 Å². The Hall–Kier alpha value is -5.94. The highest BCUT2D eigenvalue weighted by atomic mass is 16.5. The molecule has 3 heterocycles. The van der Waals surface area contributed by atoms with Gasteiger partial charge in [0, 0.05) is 28.8 Å². The van der Waals surface area contributed by atoms with Gasteiger partial charge in [0.05, 0.1) is 45.1 Å². The number of para-hydroxylation sites is 5. The Morgan fingerprint density at radius 1 is 0.609 bits per heavy atom. The zero-order valence-corrected chi connectivity index (χ0v) is 24.8. The fourth-order valence-corrected chi connectivity index (χ4v) is 7.79. The van der Waals surface area contributed by atoms with Gasteiger partial charge in [-0.05, 0) is 77.2 Å². The molecule has 5 aromatic carbocycles.